The van der Waals surface area contributed by atoms with Crippen LogP contribution in [0.3, 0.4) is 0 Å². The lowest BCUT2D eigenvalue weighted by atomic mass is 10.0. The summed E-state index contributed by atoms with van der Waals surface area (Å²) in [7, 11) is 0. The molecule has 0 amide bonds. The van der Waals surface area contributed by atoms with Crippen molar-refractivity contribution in [2.24, 2.45) is 0 Å². The fourth-order valence-electron chi connectivity index (χ4n) is 2.92. The molecule has 1 unspecified atom stereocenters. The van der Waals surface area contributed by atoms with E-state index in [0.29, 0.717) is 5.95 Å². The number of pyridine rings is 1. The zero-order valence-corrected chi connectivity index (χ0v) is 14.0. The minimum Gasteiger partial charge on any atom is -0.353 e. The third-order valence-electron chi connectivity index (χ3n) is 4.16. The molecule has 6 heteroatoms. The van der Waals surface area contributed by atoms with Gasteiger partial charge in [-0.15, -0.1) is 5.10 Å². The molecule has 0 aromatic carbocycles. The van der Waals surface area contributed by atoms with Gasteiger partial charge in [0, 0.05) is 25.3 Å². The molecule has 3 heterocycles. The second-order valence-corrected chi connectivity index (χ2v) is 6.58. The number of nitrogens with one attached hydrogen (secondary N) is 1. The van der Waals surface area contributed by atoms with Gasteiger partial charge in [-0.1, -0.05) is 6.42 Å². The maximum Gasteiger partial charge on any atom is 0.243 e. The molecule has 5 nitrogen and oxygen atoms in total. The van der Waals surface area contributed by atoms with Crippen molar-refractivity contribution in [2.75, 3.05) is 25.0 Å². The maximum atomic E-state index is 4.49. The molecule has 2 aromatic heterocycles. The molecular weight excluding hydrogens is 330 g/mol. The van der Waals surface area contributed by atoms with Crippen molar-refractivity contribution in [3.63, 3.8) is 0 Å². The van der Waals surface area contributed by atoms with Crippen LogP contribution in [0.2, 0.25) is 0 Å². The van der Waals surface area contributed by atoms with Crippen molar-refractivity contribution in [3.8, 4) is 0 Å². The lowest BCUT2D eigenvalue weighted by Crippen LogP contribution is -2.38. The Labute approximate surface area is 133 Å². The first-order chi connectivity index (χ1) is 10.2. The van der Waals surface area contributed by atoms with Crippen molar-refractivity contribution in [3.05, 3.63) is 22.8 Å². The Morgan fingerprint density at radius 1 is 1.43 bits per heavy atom. The molecule has 0 saturated carbocycles. The normalized spacial score (nSPS) is 20.0. The van der Waals surface area contributed by atoms with Crippen molar-refractivity contribution in [1.82, 2.24) is 19.5 Å². The van der Waals surface area contributed by atoms with Crippen LogP contribution in [-0.2, 0) is 0 Å². The molecule has 0 radical (unpaired) electrons. The van der Waals surface area contributed by atoms with Crippen molar-refractivity contribution < 1.29 is 0 Å². The van der Waals surface area contributed by atoms with E-state index < -0.39 is 0 Å². The van der Waals surface area contributed by atoms with Gasteiger partial charge in [-0.25, -0.2) is 4.52 Å². The zero-order valence-electron chi connectivity index (χ0n) is 12.4. The van der Waals surface area contributed by atoms with E-state index in [0.717, 1.165) is 35.7 Å². The van der Waals surface area contributed by atoms with E-state index in [1.165, 1.54) is 25.8 Å². The number of fused-ring (bicyclic) bond motifs is 1. The van der Waals surface area contributed by atoms with Crippen LogP contribution in [0.1, 0.15) is 32.6 Å². The van der Waals surface area contributed by atoms with Gasteiger partial charge in [-0.05, 0) is 60.8 Å². The van der Waals surface area contributed by atoms with Gasteiger partial charge in [0.1, 0.15) is 0 Å². The summed E-state index contributed by atoms with van der Waals surface area (Å²) < 4.78 is 2.76. The number of piperidine rings is 1. The van der Waals surface area contributed by atoms with Gasteiger partial charge in [0.25, 0.3) is 0 Å². The van der Waals surface area contributed by atoms with E-state index in [9.17, 15) is 0 Å². The van der Waals surface area contributed by atoms with Crippen LogP contribution in [0.25, 0.3) is 5.65 Å². The predicted octanol–water partition coefficient (Wildman–Crippen LogP) is 3.17. The van der Waals surface area contributed by atoms with Crippen molar-refractivity contribution in [1.29, 1.82) is 0 Å². The smallest absolute Gasteiger partial charge is 0.243 e. The Morgan fingerprint density at radius 3 is 3.14 bits per heavy atom. The third kappa shape index (κ3) is 3.55. The monoisotopic (exact) mass is 351 g/mol. The fourth-order valence-corrected chi connectivity index (χ4v) is 3.34. The number of rotatable bonds is 5. The number of aromatic nitrogens is 3. The highest BCUT2D eigenvalue weighted by atomic mass is 79.9. The maximum absolute atomic E-state index is 4.49. The average Bonchev–Trinajstić information content (AvgIpc) is 2.90. The van der Waals surface area contributed by atoms with Crippen LogP contribution in [0.15, 0.2) is 22.8 Å². The second kappa shape index (κ2) is 6.75. The van der Waals surface area contributed by atoms with E-state index in [1.807, 2.05) is 18.3 Å². The van der Waals surface area contributed by atoms with Crippen LogP contribution in [-0.4, -0.2) is 45.2 Å². The molecule has 3 rings (SSSR count). The highest BCUT2D eigenvalue weighted by Gasteiger charge is 2.17. The lowest BCUT2D eigenvalue weighted by Gasteiger charge is -2.33. The molecule has 0 spiro atoms. The summed E-state index contributed by atoms with van der Waals surface area (Å²) in [5.74, 6) is 0.702. The van der Waals surface area contributed by atoms with Crippen LogP contribution in [0.4, 0.5) is 5.95 Å². The van der Waals surface area contributed by atoms with E-state index >= 15 is 0 Å². The first-order valence-corrected chi connectivity index (χ1v) is 8.52. The summed E-state index contributed by atoms with van der Waals surface area (Å²) in [5.41, 5.74) is 0.852. The molecule has 21 heavy (non-hydrogen) atoms. The van der Waals surface area contributed by atoms with E-state index in [4.69, 9.17) is 0 Å². The number of hydrogen-bond acceptors (Lipinski definition) is 4. The highest BCUT2D eigenvalue weighted by molar-refractivity contribution is 9.10. The van der Waals surface area contributed by atoms with Gasteiger partial charge in [-0.2, -0.15) is 4.98 Å². The Kier molecular flexibility index (Phi) is 4.75. The highest BCUT2D eigenvalue weighted by Crippen LogP contribution is 2.17. The van der Waals surface area contributed by atoms with Crippen molar-refractivity contribution >= 4 is 27.5 Å². The molecule has 2 aromatic rings. The number of likely N-dealkylation sites (tertiary alicyclic amines) is 1. The Morgan fingerprint density at radius 2 is 2.33 bits per heavy atom. The van der Waals surface area contributed by atoms with Gasteiger partial charge < -0.3 is 10.2 Å². The Bertz CT molecular complexity index is 597. The number of hydrogen-bond donors (Lipinski definition) is 1. The molecular formula is C15H22BrN5. The lowest BCUT2D eigenvalue weighted by molar-refractivity contribution is 0.160. The summed E-state index contributed by atoms with van der Waals surface area (Å²) in [4.78, 5) is 7.09. The molecule has 1 aliphatic heterocycles. The van der Waals surface area contributed by atoms with E-state index in [1.54, 1.807) is 4.52 Å². The standard InChI is InChI=1S/C15H22BrN5/c1-12-6-2-3-9-20(12)10-5-8-17-15-18-14-13(16)7-4-11-21(14)19-15/h4,7,11-12H,2-3,5-6,8-10H2,1H3,(H,17,19). The first kappa shape index (κ1) is 14.8. The summed E-state index contributed by atoms with van der Waals surface area (Å²) in [6, 6.07) is 4.67. The third-order valence-corrected chi connectivity index (χ3v) is 4.78. The topological polar surface area (TPSA) is 45.5 Å². The minimum atomic E-state index is 0.702. The van der Waals surface area contributed by atoms with Gasteiger partial charge in [-0.3, -0.25) is 0 Å². The van der Waals surface area contributed by atoms with Gasteiger partial charge in [0.15, 0.2) is 5.65 Å². The van der Waals surface area contributed by atoms with E-state index in [2.05, 4.69) is 43.2 Å². The number of halogens is 1. The Hall–Kier alpha value is -1.14. The molecule has 1 atom stereocenters. The SMILES string of the molecule is CC1CCCCN1CCCNc1nc2c(Br)cccn2n1. The number of nitrogens with zero attached hydrogens (tertiary/aromatic N) is 4. The van der Waals surface area contributed by atoms with Gasteiger partial charge >= 0.3 is 0 Å². The van der Waals surface area contributed by atoms with Crippen LogP contribution in [0.5, 0.6) is 0 Å². The molecule has 0 aliphatic carbocycles. The minimum absolute atomic E-state index is 0.702. The van der Waals surface area contributed by atoms with E-state index in [-0.39, 0.29) is 0 Å². The molecule has 1 aliphatic rings. The molecule has 0 bridgehead atoms. The van der Waals surface area contributed by atoms with Crippen molar-refractivity contribution in [2.45, 2.75) is 38.6 Å². The average molecular weight is 352 g/mol. The van der Waals surface area contributed by atoms with Crippen LogP contribution in [0, 0.1) is 0 Å². The van der Waals surface area contributed by atoms with Crippen LogP contribution >= 0.6 is 15.9 Å². The van der Waals surface area contributed by atoms with Gasteiger partial charge in [0.05, 0.1) is 4.47 Å². The largest absolute Gasteiger partial charge is 0.353 e. The first-order valence-electron chi connectivity index (χ1n) is 7.73. The summed E-state index contributed by atoms with van der Waals surface area (Å²) in [5, 5.41) is 7.75. The van der Waals surface area contributed by atoms with Gasteiger partial charge in [0.2, 0.25) is 5.95 Å². The zero-order chi connectivity index (χ0) is 14.7. The predicted molar refractivity (Wildman–Crippen MR) is 88.7 cm³/mol. The number of anilines is 1. The van der Waals surface area contributed by atoms with Crippen LogP contribution < -0.4 is 5.32 Å². The molecule has 1 saturated heterocycles. The fraction of sp³-hybridized carbons (Fsp3) is 0.600. The quantitative estimate of drug-likeness (QED) is 0.840. The summed E-state index contributed by atoms with van der Waals surface area (Å²) >= 11 is 3.49. The summed E-state index contributed by atoms with van der Waals surface area (Å²) in [6.45, 7) is 5.66. The summed E-state index contributed by atoms with van der Waals surface area (Å²) in [6.07, 6.45) is 7.11. The molecule has 114 valence electrons. The Balaban J connectivity index is 1.49. The molecule has 1 fully saturated rings. The molecule has 1 N–H and O–H groups in total. The second-order valence-electron chi connectivity index (χ2n) is 5.72.